The predicted octanol–water partition coefficient (Wildman–Crippen LogP) is 3.95. The molecular weight excluding hydrogens is 381 g/mol. The van der Waals surface area contributed by atoms with Gasteiger partial charge in [0.05, 0.1) is 0 Å². The summed E-state index contributed by atoms with van der Waals surface area (Å²) in [6.07, 6.45) is 4.74. The van der Waals surface area contributed by atoms with Gasteiger partial charge in [-0.15, -0.1) is 0 Å². The van der Waals surface area contributed by atoms with Gasteiger partial charge < -0.3 is 19.7 Å². The molecule has 30 heavy (non-hydrogen) atoms. The van der Waals surface area contributed by atoms with Crippen LogP contribution in [-0.2, 0) is 0 Å². The molecule has 5 nitrogen and oxygen atoms in total. The van der Waals surface area contributed by atoms with E-state index in [0.717, 1.165) is 57.1 Å². The second-order valence-electron chi connectivity index (χ2n) is 8.52. The standard InChI is InChI=1S/C24H30FN3O2/c25-19-5-3-18(4-6-19)22(28-11-1-2-12-28)16-26-20-9-13-27(14-10-20)21-7-8-23-24(15-21)30-17-29-23/h3-8,15,20,22,26H,1-2,9-14,16-17H2. The quantitative estimate of drug-likeness (QED) is 0.779. The monoisotopic (exact) mass is 411 g/mol. The van der Waals surface area contributed by atoms with Crippen LogP contribution in [0.3, 0.4) is 0 Å². The van der Waals surface area contributed by atoms with Gasteiger partial charge in [0.1, 0.15) is 5.82 Å². The molecule has 0 spiro atoms. The molecule has 3 aliphatic rings. The number of piperidine rings is 1. The van der Waals surface area contributed by atoms with E-state index in [1.807, 2.05) is 18.2 Å². The third-order valence-corrected chi connectivity index (χ3v) is 6.65. The van der Waals surface area contributed by atoms with Crippen LogP contribution < -0.4 is 19.7 Å². The molecule has 3 aliphatic heterocycles. The van der Waals surface area contributed by atoms with Gasteiger partial charge in [-0.25, -0.2) is 4.39 Å². The van der Waals surface area contributed by atoms with Gasteiger partial charge in [0.2, 0.25) is 6.79 Å². The van der Waals surface area contributed by atoms with Crippen LogP contribution >= 0.6 is 0 Å². The van der Waals surface area contributed by atoms with Gasteiger partial charge in [0.15, 0.2) is 11.5 Å². The zero-order valence-corrected chi connectivity index (χ0v) is 17.4. The van der Waals surface area contributed by atoms with Crippen molar-refractivity contribution in [2.75, 3.05) is 44.4 Å². The first-order valence-electron chi connectivity index (χ1n) is 11.1. The summed E-state index contributed by atoms with van der Waals surface area (Å²) in [5.41, 5.74) is 2.42. The van der Waals surface area contributed by atoms with Gasteiger partial charge in [0, 0.05) is 43.5 Å². The lowest BCUT2D eigenvalue weighted by Crippen LogP contribution is -2.45. The maximum atomic E-state index is 13.4. The molecule has 6 heteroatoms. The van der Waals surface area contributed by atoms with Crippen LogP contribution in [-0.4, -0.2) is 50.5 Å². The van der Waals surface area contributed by atoms with E-state index in [0.29, 0.717) is 18.9 Å². The minimum Gasteiger partial charge on any atom is -0.454 e. The average molecular weight is 412 g/mol. The highest BCUT2D eigenvalue weighted by molar-refractivity contribution is 5.57. The smallest absolute Gasteiger partial charge is 0.231 e. The van der Waals surface area contributed by atoms with Crippen LogP contribution in [0.4, 0.5) is 10.1 Å². The number of benzene rings is 2. The number of hydrogen-bond acceptors (Lipinski definition) is 5. The Morgan fingerprint density at radius 2 is 1.67 bits per heavy atom. The third kappa shape index (κ3) is 4.25. The Kier molecular flexibility index (Phi) is 5.77. The lowest BCUT2D eigenvalue weighted by Gasteiger charge is -2.36. The van der Waals surface area contributed by atoms with Gasteiger partial charge >= 0.3 is 0 Å². The van der Waals surface area contributed by atoms with Crippen molar-refractivity contribution in [2.24, 2.45) is 0 Å². The van der Waals surface area contributed by atoms with Crippen molar-refractivity contribution in [1.82, 2.24) is 10.2 Å². The molecule has 1 N–H and O–H groups in total. The molecule has 160 valence electrons. The van der Waals surface area contributed by atoms with Crippen LogP contribution in [0.25, 0.3) is 0 Å². The van der Waals surface area contributed by atoms with E-state index in [9.17, 15) is 4.39 Å². The molecule has 0 radical (unpaired) electrons. The van der Waals surface area contributed by atoms with Gasteiger partial charge in [-0.2, -0.15) is 0 Å². The fourth-order valence-corrected chi connectivity index (χ4v) is 4.90. The summed E-state index contributed by atoms with van der Waals surface area (Å²) in [6.45, 7) is 5.56. The first-order chi connectivity index (χ1) is 14.8. The molecule has 0 amide bonds. The fraction of sp³-hybridized carbons (Fsp3) is 0.500. The lowest BCUT2D eigenvalue weighted by atomic mass is 10.0. The van der Waals surface area contributed by atoms with E-state index in [4.69, 9.17) is 9.47 Å². The number of rotatable bonds is 6. The second-order valence-corrected chi connectivity index (χ2v) is 8.52. The van der Waals surface area contributed by atoms with Crippen LogP contribution in [0, 0.1) is 5.82 Å². The first kappa shape index (κ1) is 19.6. The highest BCUT2D eigenvalue weighted by atomic mass is 19.1. The number of hydrogen-bond donors (Lipinski definition) is 1. The normalized spacial score (nSPS) is 20.6. The Balaban J connectivity index is 1.17. The topological polar surface area (TPSA) is 37.0 Å². The molecule has 5 rings (SSSR count). The van der Waals surface area contributed by atoms with Crippen LogP contribution in [0.1, 0.15) is 37.3 Å². The average Bonchev–Trinajstić information content (AvgIpc) is 3.47. The second kappa shape index (κ2) is 8.82. The molecule has 0 bridgehead atoms. The summed E-state index contributed by atoms with van der Waals surface area (Å²) in [5.74, 6) is 1.52. The Hall–Kier alpha value is -2.31. The Morgan fingerprint density at radius 1 is 0.933 bits per heavy atom. The van der Waals surface area contributed by atoms with Crippen molar-refractivity contribution in [1.29, 1.82) is 0 Å². The maximum Gasteiger partial charge on any atom is 0.231 e. The van der Waals surface area contributed by atoms with Crippen LogP contribution in [0.5, 0.6) is 11.5 Å². The molecule has 0 saturated carbocycles. The van der Waals surface area contributed by atoms with E-state index in [1.165, 1.54) is 24.1 Å². The molecule has 2 saturated heterocycles. The molecule has 2 fully saturated rings. The molecular formula is C24H30FN3O2. The van der Waals surface area contributed by atoms with E-state index >= 15 is 0 Å². The summed E-state index contributed by atoms with van der Waals surface area (Å²) in [4.78, 5) is 4.97. The van der Waals surface area contributed by atoms with Gasteiger partial charge in [-0.1, -0.05) is 12.1 Å². The largest absolute Gasteiger partial charge is 0.454 e. The van der Waals surface area contributed by atoms with E-state index in [1.54, 1.807) is 12.1 Å². The number of nitrogens with zero attached hydrogens (tertiary/aromatic N) is 2. The number of ether oxygens (including phenoxy) is 2. The summed E-state index contributed by atoms with van der Waals surface area (Å²) in [7, 11) is 0. The van der Waals surface area contributed by atoms with E-state index in [-0.39, 0.29) is 5.82 Å². The SMILES string of the molecule is Fc1ccc(C(CNC2CCN(c3ccc4c(c3)OCO4)CC2)N2CCCC2)cc1. The zero-order valence-electron chi connectivity index (χ0n) is 17.4. The molecule has 2 aromatic carbocycles. The summed E-state index contributed by atoms with van der Waals surface area (Å²) < 4.78 is 24.4. The zero-order chi connectivity index (χ0) is 20.3. The van der Waals surface area contributed by atoms with Crippen molar-refractivity contribution >= 4 is 5.69 Å². The van der Waals surface area contributed by atoms with Gasteiger partial charge in [0.25, 0.3) is 0 Å². The molecule has 3 heterocycles. The molecule has 0 aromatic heterocycles. The van der Waals surface area contributed by atoms with Gasteiger partial charge in [-0.05, 0) is 68.6 Å². The van der Waals surface area contributed by atoms with Crippen molar-refractivity contribution < 1.29 is 13.9 Å². The molecule has 1 atom stereocenters. The number of nitrogens with one attached hydrogen (secondary N) is 1. The minimum atomic E-state index is -0.164. The number of likely N-dealkylation sites (tertiary alicyclic amines) is 1. The third-order valence-electron chi connectivity index (χ3n) is 6.65. The van der Waals surface area contributed by atoms with E-state index in [2.05, 4.69) is 27.2 Å². The van der Waals surface area contributed by atoms with Crippen molar-refractivity contribution in [3.05, 3.63) is 53.8 Å². The molecule has 2 aromatic rings. The number of fused-ring (bicyclic) bond motifs is 1. The highest BCUT2D eigenvalue weighted by Crippen LogP contribution is 2.36. The predicted molar refractivity (Wildman–Crippen MR) is 116 cm³/mol. The van der Waals surface area contributed by atoms with Gasteiger partial charge in [-0.3, -0.25) is 4.90 Å². The highest BCUT2D eigenvalue weighted by Gasteiger charge is 2.26. The maximum absolute atomic E-state index is 13.4. The Labute approximate surface area is 177 Å². The Bertz CT molecular complexity index is 846. The van der Waals surface area contributed by atoms with Crippen molar-refractivity contribution in [2.45, 2.75) is 37.8 Å². The van der Waals surface area contributed by atoms with E-state index < -0.39 is 0 Å². The van der Waals surface area contributed by atoms with Crippen molar-refractivity contribution in [3.8, 4) is 11.5 Å². The molecule has 1 unspecified atom stereocenters. The lowest BCUT2D eigenvalue weighted by molar-refractivity contribution is 0.174. The summed E-state index contributed by atoms with van der Waals surface area (Å²) >= 11 is 0. The van der Waals surface area contributed by atoms with Crippen LogP contribution in [0.15, 0.2) is 42.5 Å². The fourth-order valence-electron chi connectivity index (χ4n) is 4.90. The minimum absolute atomic E-state index is 0.164. The number of halogens is 1. The van der Waals surface area contributed by atoms with Crippen molar-refractivity contribution in [3.63, 3.8) is 0 Å². The summed E-state index contributed by atoms with van der Waals surface area (Å²) in [6, 6.07) is 14.1. The van der Waals surface area contributed by atoms with Crippen LogP contribution in [0.2, 0.25) is 0 Å². The first-order valence-corrected chi connectivity index (χ1v) is 11.1. The Morgan fingerprint density at radius 3 is 2.43 bits per heavy atom. The number of anilines is 1. The summed E-state index contributed by atoms with van der Waals surface area (Å²) in [5, 5.41) is 3.82. The molecule has 0 aliphatic carbocycles.